The fraction of sp³-hybridized carbons (Fsp3) is 0.533. The van der Waals surface area contributed by atoms with Crippen LogP contribution in [0.5, 0.6) is 0 Å². The van der Waals surface area contributed by atoms with Crippen LogP contribution in [0.15, 0.2) is 23.2 Å². The van der Waals surface area contributed by atoms with E-state index in [9.17, 15) is 0 Å². The van der Waals surface area contributed by atoms with Gasteiger partial charge in [-0.1, -0.05) is 39.0 Å². The highest BCUT2D eigenvalue weighted by Gasteiger charge is 2.15. The molecule has 17 heavy (non-hydrogen) atoms. The van der Waals surface area contributed by atoms with E-state index in [2.05, 4.69) is 56.2 Å². The van der Waals surface area contributed by atoms with Crippen LogP contribution in [0.25, 0.3) is 0 Å². The van der Waals surface area contributed by atoms with Crippen molar-refractivity contribution in [3.63, 3.8) is 0 Å². The summed E-state index contributed by atoms with van der Waals surface area (Å²) in [6.45, 7) is 10.9. The zero-order valence-electron chi connectivity index (χ0n) is 11.3. The SMILES string of the molecule is Cc1cc(C(C)(C)C)ccc1CC1=NCCN1. The summed E-state index contributed by atoms with van der Waals surface area (Å²) in [7, 11) is 0. The van der Waals surface area contributed by atoms with E-state index in [-0.39, 0.29) is 5.41 Å². The smallest absolute Gasteiger partial charge is 0.101 e. The van der Waals surface area contributed by atoms with Crippen LogP contribution in [0.2, 0.25) is 0 Å². The lowest BCUT2D eigenvalue weighted by Gasteiger charge is -2.20. The summed E-state index contributed by atoms with van der Waals surface area (Å²) in [5.74, 6) is 1.14. The minimum absolute atomic E-state index is 0.229. The number of hydrogen-bond donors (Lipinski definition) is 1. The molecule has 0 unspecified atom stereocenters. The Hall–Kier alpha value is -1.31. The second-order valence-electron chi connectivity index (χ2n) is 5.82. The molecule has 0 aliphatic carbocycles. The predicted octanol–water partition coefficient (Wildman–Crippen LogP) is 2.84. The molecule has 0 aromatic heterocycles. The molecule has 0 spiro atoms. The average Bonchev–Trinajstić information content (AvgIpc) is 2.72. The van der Waals surface area contributed by atoms with E-state index in [0.717, 1.165) is 25.3 Å². The highest BCUT2D eigenvalue weighted by molar-refractivity contribution is 5.85. The van der Waals surface area contributed by atoms with E-state index in [1.54, 1.807) is 0 Å². The Bertz CT molecular complexity index is 439. The molecule has 1 aliphatic heterocycles. The molecule has 1 aliphatic rings. The molecule has 0 bridgehead atoms. The second-order valence-corrected chi connectivity index (χ2v) is 5.82. The van der Waals surface area contributed by atoms with E-state index in [1.165, 1.54) is 16.7 Å². The first-order chi connectivity index (χ1) is 7.97. The number of aryl methyl sites for hydroxylation is 1. The molecule has 1 aromatic carbocycles. The summed E-state index contributed by atoms with van der Waals surface area (Å²) in [5, 5.41) is 3.33. The Labute approximate surface area is 104 Å². The largest absolute Gasteiger partial charge is 0.372 e. The van der Waals surface area contributed by atoms with Crippen molar-refractivity contribution < 1.29 is 0 Å². The third-order valence-electron chi connectivity index (χ3n) is 3.31. The fourth-order valence-electron chi connectivity index (χ4n) is 2.11. The van der Waals surface area contributed by atoms with Gasteiger partial charge in [0.25, 0.3) is 0 Å². The molecule has 0 saturated carbocycles. The monoisotopic (exact) mass is 230 g/mol. The van der Waals surface area contributed by atoms with Crippen molar-refractivity contribution in [2.45, 2.75) is 39.5 Å². The Balaban J connectivity index is 2.20. The Kier molecular flexibility index (Phi) is 3.23. The molecule has 1 aromatic rings. The molecule has 92 valence electrons. The van der Waals surface area contributed by atoms with Gasteiger partial charge in [-0.3, -0.25) is 4.99 Å². The van der Waals surface area contributed by atoms with Crippen molar-refractivity contribution in [1.29, 1.82) is 0 Å². The minimum atomic E-state index is 0.229. The lowest BCUT2D eigenvalue weighted by Crippen LogP contribution is -2.21. The van der Waals surface area contributed by atoms with Crippen LogP contribution in [0.4, 0.5) is 0 Å². The molecule has 2 heteroatoms. The lowest BCUT2D eigenvalue weighted by molar-refractivity contribution is 0.589. The number of benzene rings is 1. The van der Waals surface area contributed by atoms with E-state index < -0.39 is 0 Å². The number of rotatable bonds is 2. The third-order valence-corrected chi connectivity index (χ3v) is 3.31. The van der Waals surface area contributed by atoms with Crippen LogP contribution in [0.1, 0.15) is 37.5 Å². The van der Waals surface area contributed by atoms with Crippen LogP contribution >= 0.6 is 0 Å². The van der Waals surface area contributed by atoms with E-state index >= 15 is 0 Å². The number of nitrogens with zero attached hydrogens (tertiary/aromatic N) is 1. The van der Waals surface area contributed by atoms with Crippen molar-refractivity contribution in [3.8, 4) is 0 Å². The normalized spacial score (nSPS) is 15.6. The molecule has 0 radical (unpaired) electrons. The van der Waals surface area contributed by atoms with Gasteiger partial charge < -0.3 is 5.32 Å². The van der Waals surface area contributed by atoms with Gasteiger partial charge in [0.2, 0.25) is 0 Å². The van der Waals surface area contributed by atoms with Gasteiger partial charge in [-0.05, 0) is 29.0 Å². The summed E-state index contributed by atoms with van der Waals surface area (Å²) in [6, 6.07) is 6.81. The van der Waals surface area contributed by atoms with Crippen molar-refractivity contribution in [1.82, 2.24) is 5.32 Å². The topological polar surface area (TPSA) is 24.4 Å². The summed E-state index contributed by atoms with van der Waals surface area (Å²) >= 11 is 0. The standard InChI is InChI=1S/C15H22N2/c1-11-9-13(15(2,3)4)6-5-12(11)10-14-16-7-8-17-14/h5-6,9H,7-8,10H2,1-4H3,(H,16,17). The van der Waals surface area contributed by atoms with Gasteiger partial charge in [-0.2, -0.15) is 0 Å². The second kappa shape index (κ2) is 4.52. The molecule has 0 fully saturated rings. The van der Waals surface area contributed by atoms with E-state index in [0.29, 0.717) is 0 Å². The van der Waals surface area contributed by atoms with E-state index in [4.69, 9.17) is 0 Å². The predicted molar refractivity (Wildman–Crippen MR) is 73.9 cm³/mol. The summed E-state index contributed by atoms with van der Waals surface area (Å²) in [6.07, 6.45) is 0.941. The van der Waals surface area contributed by atoms with Gasteiger partial charge in [0.1, 0.15) is 5.84 Å². The number of aliphatic imine (C=N–C) groups is 1. The lowest BCUT2D eigenvalue weighted by atomic mass is 9.85. The first-order valence-corrected chi connectivity index (χ1v) is 6.34. The molecule has 2 rings (SSSR count). The molecule has 0 saturated heterocycles. The average molecular weight is 230 g/mol. The Morgan fingerprint density at radius 1 is 1.29 bits per heavy atom. The van der Waals surface area contributed by atoms with Crippen molar-refractivity contribution >= 4 is 5.84 Å². The minimum Gasteiger partial charge on any atom is -0.372 e. The molecular weight excluding hydrogens is 208 g/mol. The molecule has 2 nitrogen and oxygen atoms in total. The molecule has 0 atom stereocenters. The van der Waals surface area contributed by atoms with Gasteiger partial charge in [0, 0.05) is 13.0 Å². The zero-order valence-corrected chi connectivity index (χ0v) is 11.3. The summed E-state index contributed by atoms with van der Waals surface area (Å²) in [4.78, 5) is 4.45. The maximum atomic E-state index is 4.45. The van der Waals surface area contributed by atoms with Gasteiger partial charge >= 0.3 is 0 Å². The maximum absolute atomic E-state index is 4.45. The van der Waals surface area contributed by atoms with Crippen LogP contribution in [0, 0.1) is 6.92 Å². The maximum Gasteiger partial charge on any atom is 0.101 e. The Morgan fingerprint density at radius 3 is 2.59 bits per heavy atom. The van der Waals surface area contributed by atoms with Gasteiger partial charge in [0.15, 0.2) is 0 Å². The van der Waals surface area contributed by atoms with Crippen LogP contribution in [0.3, 0.4) is 0 Å². The fourth-order valence-corrected chi connectivity index (χ4v) is 2.11. The number of nitrogens with one attached hydrogen (secondary N) is 1. The summed E-state index contributed by atoms with van der Waals surface area (Å²) < 4.78 is 0. The van der Waals surface area contributed by atoms with Gasteiger partial charge in [-0.15, -0.1) is 0 Å². The molecular formula is C15H22N2. The quantitative estimate of drug-likeness (QED) is 0.830. The van der Waals surface area contributed by atoms with Crippen molar-refractivity contribution in [2.75, 3.05) is 13.1 Å². The highest BCUT2D eigenvalue weighted by Crippen LogP contribution is 2.24. The number of hydrogen-bond acceptors (Lipinski definition) is 2. The van der Waals surface area contributed by atoms with Gasteiger partial charge in [0.05, 0.1) is 6.54 Å². The van der Waals surface area contributed by atoms with Crippen LogP contribution in [-0.4, -0.2) is 18.9 Å². The third kappa shape index (κ3) is 2.87. The summed E-state index contributed by atoms with van der Waals surface area (Å²) in [5.41, 5.74) is 4.38. The van der Waals surface area contributed by atoms with Crippen LogP contribution in [-0.2, 0) is 11.8 Å². The highest BCUT2D eigenvalue weighted by atomic mass is 15.1. The van der Waals surface area contributed by atoms with Gasteiger partial charge in [-0.25, -0.2) is 0 Å². The first kappa shape index (κ1) is 12.2. The molecule has 1 N–H and O–H groups in total. The van der Waals surface area contributed by atoms with E-state index in [1.807, 2.05) is 0 Å². The molecule has 0 amide bonds. The number of amidine groups is 1. The van der Waals surface area contributed by atoms with Crippen molar-refractivity contribution in [3.05, 3.63) is 34.9 Å². The zero-order chi connectivity index (χ0) is 12.5. The Morgan fingerprint density at radius 2 is 2.06 bits per heavy atom. The molecule has 1 heterocycles. The van der Waals surface area contributed by atoms with Crippen LogP contribution < -0.4 is 5.32 Å². The van der Waals surface area contributed by atoms with Crippen molar-refractivity contribution in [2.24, 2.45) is 4.99 Å². The first-order valence-electron chi connectivity index (χ1n) is 6.34.